The van der Waals surface area contributed by atoms with Crippen molar-refractivity contribution in [3.05, 3.63) is 83.9 Å². The van der Waals surface area contributed by atoms with Crippen LogP contribution in [-0.4, -0.2) is 45.3 Å². The fourth-order valence-electron chi connectivity index (χ4n) is 4.25. The SMILES string of the molecule is COc1cc(NC(=O)N(CCC(c2ccccc2)c2ccccc2)CC(C)C)cc(OC)c1OC.Cl. The van der Waals surface area contributed by atoms with E-state index in [0.29, 0.717) is 41.9 Å². The summed E-state index contributed by atoms with van der Waals surface area (Å²) < 4.78 is 16.3. The highest BCUT2D eigenvalue weighted by Crippen LogP contribution is 2.40. The number of nitrogens with one attached hydrogen (secondary N) is 1. The zero-order chi connectivity index (χ0) is 25.2. The molecule has 0 bridgehead atoms. The van der Waals surface area contributed by atoms with Crippen LogP contribution < -0.4 is 19.5 Å². The highest BCUT2D eigenvalue weighted by Gasteiger charge is 2.21. The molecule has 0 radical (unpaired) electrons. The smallest absolute Gasteiger partial charge is 0.321 e. The van der Waals surface area contributed by atoms with Crippen molar-refractivity contribution in [2.45, 2.75) is 26.2 Å². The number of nitrogens with zero attached hydrogens (tertiary/aromatic N) is 1. The van der Waals surface area contributed by atoms with Gasteiger partial charge in [0.25, 0.3) is 0 Å². The molecule has 0 atom stereocenters. The van der Waals surface area contributed by atoms with Gasteiger partial charge in [0.2, 0.25) is 5.75 Å². The minimum absolute atomic E-state index is 0. The molecule has 3 aromatic carbocycles. The molecule has 194 valence electrons. The van der Waals surface area contributed by atoms with Crippen LogP contribution in [0.5, 0.6) is 17.2 Å². The van der Waals surface area contributed by atoms with Crippen molar-refractivity contribution in [2.24, 2.45) is 5.92 Å². The third kappa shape index (κ3) is 7.56. The number of benzene rings is 3. The monoisotopic (exact) mass is 512 g/mol. The van der Waals surface area contributed by atoms with Gasteiger partial charge in [-0.15, -0.1) is 12.4 Å². The molecule has 0 saturated carbocycles. The maximum atomic E-state index is 13.4. The fourth-order valence-corrected chi connectivity index (χ4v) is 4.25. The number of methoxy groups -OCH3 is 3. The van der Waals surface area contributed by atoms with Crippen LogP contribution in [0.3, 0.4) is 0 Å². The molecular weight excluding hydrogens is 476 g/mol. The maximum absolute atomic E-state index is 13.4. The lowest BCUT2D eigenvalue weighted by Crippen LogP contribution is -2.38. The molecule has 0 unspecified atom stereocenters. The number of hydrogen-bond donors (Lipinski definition) is 1. The molecule has 2 amide bonds. The molecule has 0 saturated heterocycles. The topological polar surface area (TPSA) is 60.0 Å². The Morgan fingerprint density at radius 1 is 0.833 bits per heavy atom. The second kappa shape index (κ2) is 14.2. The predicted octanol–water partition coefficient (Wildman–Crippen LogP) is 6.85. The van der Waals surface area contributed by atoms with Gasteiger partial charge in [-0.1, -0.05) is 74.5 Å². The molecule has 0 spiro atoms. The van der Waals surface area contributed by atoms with E-state index < -0.39 is 0 Å². The maximum Gasteiger partial charge on any atom is 0.321 e. The lowest BCUT2D eigenvalue weighted by atomic mass is 9.88. The lowest BCUT2D eigenvalue weighted by Gasteiger charge is -2.28. The Labute approximate surface area is 221 Å². The molecular formula is C29H37ClN2O4. The van der Waals surface area contributed by atoms with Gasteiger partial charge in [0.05, 0.1) is 27.0 Å². The van der Waals surface area contributed by atoms with E-state index in [2.05, 4.69) is 67.7 Å². The third-order valence-corrected chi connectivity index (χ3v) is 5.88. The van der Waals surface area contributed by atoms with Crippen LogP contribution in [0.1, 0.15) is 37.3 Å². The van der Waals surface area contributed by atoms with Crippen LogP contribution in [0.4, 0.5) is 10.5 Å². The number of hydrogen-bond acceptors (Lipinski definition) is 4. The number of ether oxygens (including phenoxy) is 3. The summed E-state index contributed by atoms with van der Waals surface area (Å²) >= 11 is 0. The number of carbonyl (C=O) groups is 1. The molecule has 0 aliphatic carbocycles. The van der Waals surface area contributed by atoms with E-state index in [1.54, 1.807) is 33.5 Å². The van der Waals surface area contributed by atoms with Crippen LogP contribution in [0.15, 0.2) is 72.8 Å². The third-order valence-electron chi connectivity index (χ3n) is 5.88. The number of carbonyl (C=O) groups excluding carboxylic acids is 1. The van der Waals surface area contributed by atoms with Gasteiger partial charge >= 0.3 is 6.03 Å². The van der Waals surface area contributed by atoms with Gasteiger partial charge in [-0.3, -0.25) is 0 Å². The van der Waals surface area contributed by atoms with E-state index in [9.17, 15) is 4.79 Å². The Morgan fingerprint density at radius 2 is 1.33 bits per heavy atom. The van der Waals surface area contributed by atoms with Crippen LogP contribution >= 0.6 is 12.4 Å². The first-order valence-electron chi connectivity index (χ1n) is 11.9. The largest absolute Gasteiger partial charge is 0.493 e. The summed E-state index contributed by atoms with van der Waals surface area (Å²) in [5.74, 6) is 1.99. The first kappa shape index (κ1) is 28.9. The first-order valence-corrected chi connectivity index (χ1v) is 11.9. The minimum Gasteiger partial charge on any atom is -0.493 e. The summed E-state index contributed by atoms with van der Waals surface area (Å²) in [7, 11) is 4.67. The van der Waals surface area contributed by atoms with Crippen molar-refractivity contribution in [3.8, 4) is 17.2 Å². The molecule has 36 heavy (non-hydrogen) atoms. The fraction of sp³-hybridized carbons (Fsp3) is 0.345. The molecule has 3 rings (SSSR count). The summed E-state index contributed by atoms with van der Waals surface area (Å²) in [6.45, 7) is 5.49. The van der Waals surface area contributed by atoms with Crippen LogP contribution in [0.25, 0.3) is 0 Å². The quantitative estimate of drug-likeness (QED) is 0.305. The second-order valence-corrected chi connectivity index (χ2v) is 8.85. The van der Waals surface area contributed by atoms with Gasteiger partial charge in [-0.25, -0.2) is 4.79 Å². The Kier molecular flexibility index (Phi) is 11.4. The average molecular weight is 513 g/mol. The molecule has 0 aliphatic rings. The summed E-state index contributed by atoms with van der Waals surface area (Å²) in [5, 5.41) is 3.02. The molecule has 3 aromatic rings. The Morgan fingerprint density at radius 3 is 1.75 bits per heavy atom. The lowest BCUT2D eigenvalue weighted by molar-refractivity contribution is 0.203. The first-order chi connectivity index (χ1) is 17.0. The average Bonchev–Trinajstić information content (AvgIpc) is 2.88. The molecule has 0 fully saturated rings. The molecule has 0 aliphatic heterocycles. The molecule has 6 nitrogen and oxygen atoms in total. The van der Waals surface area contributed by atoms with Crippen molar-refractivity contribution < 1.29 is 19.0 Å². The van der Waals surface area contributed by atoms with Gasteiger partial charge in [0, 0.05) is 31.1 Å². The number of rotatable bonds is 11. The van der Waals surface area contributed by atoms with Crippen LogP contribution in [0.2, 0.25) is 0 Å². The minimum atomic E-state index is -0.159. The zero-order valence-corrected chi connectivity index (χ0v) is 22.5. The van der Waals surface area contributed by atoms with E-state index in [1.807, 2.05) is 17.0 Å². The van der Waals surface area contributed by atoms with Gasteiger partial charge in [0.1, 0.15) is 0 Å². The van der Waals surface area contributed by atoms with E-state index in [-0.39, 0.29) is 24.4 Å². The number of anilines is 1. The Bertz CT molecular complexity index is 1010. The highest BCUT2D eigenvalue weighted by atomic mass is 35.5. The number of halogens is 1. The van der Waals surface area contributed by atoms with Crippen molar-refractivity contribution in [3.63, 3.8) is 0 Å². The van der Waals surface area contributed by atoms with E-state index in [1.165, 1.54) is 11.1 Å². The summed E-state index contributed by atoms with van der Waals surface area (Å²) in [4.78, 5) is 15.3. The second-order valence-electron chi connectivity index (χ2n) is 8.85. The van der Waals surface area contributed by atoms with Crippen molar-refractivity contribution in [1.82, 2.24) is 4.90 Å². The molecule has 7 heteroatoms. The van der Waals surface area contributed by atoms with E-state index >= 15 is 0 Å². The van der Waals surface area contributed by atoms with Crippen molar-refractivity contribution >= 4 is 24.1 Å². The molecule has 0 aromatic heterocycles. The highest BCUT2D eigenvalue weighted by molar-refractivity contribution is 5.90. The van der Waals surface area contributed by atoms with Gasteiger partial charge in [0.15, 0.2) is 11.5 Å². The number of amides is 2. The van der Waals surface area contributed by atoms with Crippen LogP contribution in [-0.2, 0) is 0 Å². The molecule has 0 heterocycles. The van der Waals surface area contributed by atoms with Gasteiger partial charge in [-0.2, -0.15) is 0 Å². The standard InChI is InChI=1S/C29H36N2O4.ClH/c1-21(2)20-31(29(32)30-24-18-26(33-3)28(35-5)27(19-24)34-4)17-16-25(22-12-8-6-9-13-22)23-14-10-7-11-15-23;/h6-15,18-19,21,25H,16-17,20H2,1-5H3,(H,30,32);1H. The van der Waals surface area contributed by atoms with Crippen molar-refractivity contribution in [1.29, 1.82) is 0 Å². The van der Waals surface area contributed by atoms with Crippen LogP contribution in [0, 0.1) is 5.92 Å². The number of urea groups is 1. The normalized spacial score (nSPS) is 10.5. The van der Waals surface area contributed by atoms with Gasteiger partial charge in [-0.05, 0) is 23.5 Å². The van der Waals surface area contributed by atoms with E-state index in [0.717, 1.165) is 6.42 Å². The van der Waals surface area contributed by atoms with E-state index in [4.69, 9.17) is 14.2 Å². The zero-order valence-electron chi connectivity index (χ0n) is 21.7. The Hall–Kier alpha value is -3.38. The summed E-state index contributed by atoms with van der Waals surface area (Å²) in [6.07, 6.45) is 0.809. The van der Waals surface area contributed by atoms with Crippen molar-refractivity contribution in [2.75, 3.05) is 39.7 Å². The summed E-state index contributed by atoms with van der Waals surface area (Å²) in [5.41, 5.74) is 3.07. The Balaban J connectivity index is 0.00000456. The predicted molar refractivity (Wildman–Crippen MR) is 148 cm³/mol. The molecule has 1 N–H and O–H groups in total. The van der Waals surface area contributed by atoms with Gasteiger partial charge < -0.3 is 24.4 Å². The summed E-state index contributed by atoms with van der Waals surface area (Å²) in [6, 6.07) is 24.2.